The van der Waals surface area contributed by atoms with Crippen LogP contribution in [0.4, 0.5) is 4.39 Å². The van der Waals surface area contributed by atoms with Gasteiger partial charge in [-0.25, -0.2) is 4.39 Å². The van der Waals surface area contributed by atoms with E-state index in [1.165, 1.54) is 11.0 Å². The first-order valence-electron chi connectivity index (χ1n) is 11.4. The molecule has 30 heavy (non-hydrogen) atoms. The van der Waals surface area contributed by atoms with Gasteiger partial charge in [0.15, 0.2) is 0 Å². The summed E-state index contributed by atoms with van der Waals surface area (Å²) in [4.78, 5) is 43.2. The Morgan fingerprint density at radius 1 is 0.967 bits per heavy atom. The molecule has 1 atom stereocenters. The lowest BCUT2D eigenvalue weighted by Crippen LogP contribution is -2.47. The van der Waals surface area contributed by atoms with Crippen LogP contribution in [-0.2, 0) is 19.8 Å². The van der Waals surface area contributed by atoms with E-state index in [2.05, 4.69) is 0 Å². The number of nitrogens with zero attached hydrogens (tertiary/aromatic N) is 2. The van der Waals surface area contributed by atoms with Crippen molar-refractivity contribution in [2.75, 3.05) is 13.1 Å². The molecule has 3 amide bonds. The largest absolute Gasteiger partial charge is 0.343 e. The summed E-state index contributed by atoms with van der Waals surface area (Å²) in [5.41, 5.74) is -1.24. The highest BCUT2D eigenvalue weighted by molar-refractivity contribution is 6.11. The first-order chi connectivity index (χ1) is 14.5. The molecule has 0 bridgehead atoms. The smallest absolute Gasteiger partial charge is 0.241 e. The highest BCUT2D eigenvalue weighted by Gasteiger charge is 2.56. The number of carbonyl (C=O) groups is 3. The zero-order chi connectivity index (χ0) is 21.1. The van der Waals surface area contributed by atoms with Gasteiger partial charge in [0.25, 0.3) is 0 Å². The SMILES string of the molecule is O=C(CC1(c2ccccc2F)CC(=O)N(C2CCCCC2)C1=O)N1CCCCCC1. The van der Waals surface area contributed by atoms with Crippen LogP contribution in [-0.4, -0.2) is 46.7 Å². The number of likely N-dealkylation sites (tertiary alicyclic amines) is 2. The average molecular weight is 415 g/mol. The van der Waals surface area contributed by atoms with Crippen molar-refractivity contribution in [1.29, 1.82) is 0 Å². The predicted octanol–water partition coefficient (Wildman–Crippen LogP) is 3.95. The summed E-state index contributed by atoms with van der Waals surface area (Å²) in [7, 11) is 0. The second-order valence-corrected chi connectivity index (χ2v) is 9.07. The van der Waals surface area contributed by atoms with Crippen molar-refractivity contribution in [1.82, 2.24) is 9.80 Å². The molecule has 0 N–H and O–H groups in total. The maximum atomic E-state index is 14.9. The number of benzene rings is 1. The van der Waals surface area contributed by atoms with E-state index < -0.39 is 11.2 Å². The molecule has 2 heterocycles. The van der Waals surface area contributed by atoms with Crippen LogP contribution >= 0.6 is 0 Å². The van der Waals surface area contributed by atoms with Gasteiger partial charge in [-0.1, -0.05) is 50.3 Å². The Hall–Kier alpha value is -2.24. The van der Waals surface area contributed by atoms with Gasteiger partial charge in [-0.05, 0) is 31.7 Å². The summed E-state index contributed by atoms with van der Waals surface area (Å²) in [5.74, 6) is -1.31. The molecule has 6 heteroatoms. The second kappa shape index (κ2) is 8.86. The summed E-state index contributed by atoms with van der Waals surface area (Å²) in [6.07, 6.45) is 8.49. The highest BCUT2D eigenvalue weighted by Crippen LogP contribution is 2.43. The van der Waals surface area contributed by atoms with Crippen LogP contribution in [0.15, 0.2) is 24.3 Å². The normalized spacial score (nSPS) is 26.2. The Bertz CT molecular complexity index is 812. The molecular formula is C24H31FN2O3. The van der Waals surface area contributed by atoms with Crippen molar-refractivity contribution in [3.05, 3.63) is 35.6 Å². The van der Waals surface area contributed by atoms with Crippen LogP contribution in [0.5, 0.6) is 0 Å². The van der Waals surface area contributed by atoms with Crippen molar-refractivity contribution in [3.8, 4) is 0 Å². The maximum absolute atomic E-state index is 14.9. The van der Waals surface area contributed by atoms with E-state index in [1.54, 1.807) is 23.1 Å². The Morgan fingerprint density at radius 2 is 1.60 bits per heavy atom. The Balaban J connectivity index is 1.68. The van der Waals surface area contributed by atoms with Crippen LogP contribution in [0, 0.1) is 5.82 Å². The molecule has 3 fully saturated rings. The first-order valence-corrected chi connectivity index (χ1v) is 11.4. The van der Waals surface area contributed by atoms with Crippen LogP contribution in [0.1, 0.15) is 76.2 Å². The fourth-order valence-corrected chi connectivity index (χ4v) is 5.45. The molecule has 5 nitrogen and oxygen atoms in total. The van der Waals surface area contributed by atoms with E-state index in [-0.39, 0.29) is 42.2 Å². The minimum Gasteiger partial charge on any atom is -0.343 e. The zero-order valence-electron chi connectivity index (χ0n) is 17.6. The summed E-state index contributed by atoms with van der Waals surface area (Å²) in [5, 5.41) is 0. The minimum atomic E-state index is -1.43. The van der Waals surface area contributed by atoms with Crippen molar-refractivity contribution in [3.63, 3.8) is 0 Å². The molecule has 0 spiro atoms. The van der Waals surface area contributed by atoms with Gasteiger partial charge in [0.1, 0.15) is 5.82 Å². The number of amides is 3. The molecule has 1 unspecified atom stereocenters. The van der Waals surface area contributed by atoms with Gasteiger partial charge in [0.05, 0.1) is 5.41 Å². The van der Waals surface area contributed by atoms with Gasteiger partial charge in [0.2, 0.25) is 17.7 Å². The fourth-order valence-electron chi connectivity index (χ4n) is 5.45. The summed E-state index contributed by atoms with van der Waals surface area (Å²) < 4.78 is 14.9. The monoisotopic (exact) mass is 414 g/mol. The second-order valence-electron chi connectivity index (χ2n) is 9.07. The number of carbonyl (C=O) groups excluding carboxylic acids is 3. The van der Waals surface area contributed by atoms with E-state index in [0.29, 0.717) is 13.1 Å². The topological polar surface area (TPSA) is 57.7 Å². The van der Waals surface area contributed by atoms with Gasteiger partial charge in [-0.3, -0.25) is 19.3 Å². The molecule has 2 aliphatic heterocycles. The summed E-state index contributed by atoms with van der Waals surface area (Å²) in [6.45, 7) is 1.33. The number of imide groups is 1. The first kappa shape index (κ1) is 21.0. The molecule has 162 valence electrons. The van der Waals surface area contributed by atoms with Crippen molar-refractivity contribution in [2.24, 2.45) is 0 Å². The molecule has 3 aliphatic rings. The Morgan fingerprint density at radius 3 is 2.27 bits per heavy atom. The van der Waals surface area contributed by atoms with E-state index in [9.17, 15) is 18.8 Å². The van der Waals surface area contributed by atoms with Crippen LogP contribution in [0.3, 0.4) is 0 Å². The molecule has 1 aromatic carbocycles. The molecule has 1 aliphatic carbocycles. The van der Waals surface area contributed by atoms with Crippen LogP contribution < -0.4 is 0 Å². The molecule has 1 aromatic rings. The molecular weight excluding hydrogens is 383 g/mol. The Kier molecular flexibility index (Phi) is 6.21. The number of hydrogen-bond acceptors (Lipinski definition) is 3. The van der Waals surface area contributed by atoms with Gasteiger partial charge < -0.3 is 4.90 Å². The highest BCUT2D eigenvalue weighted by atomic mass is 19.1. The third kappa shape index (κ3) is 3.88. The summed E-state index contributed by atoms with van der Waals surface area (Å²) >= 11 is 0. The average Bonchev–Trinajstić information content (AvgIpc) is 2.93. The molecule has 0 aromatic heterocycles. The van der Waals surface area contributed by atoms with Gasteiger partial charge >= 0.3 is 0 Å². The quantitative estimate of drug-likeness (QED) is 0.701. The van der Waals surface area contributed by atoms with Gasteiger partial charge in [-0.2, -0.15) is 0 Å². The maximum Gasteiger partial charge on any atom is 0.241 e. The van der Waals surface area contributed by atoms with Crippen molar-refractivity contribution < 1.29 is 18.8 Å². The van der Waals surface area contributed by atoms with Gasteiger partial charge in [-0.15, -0.1) is 0 Å². The lowest BCUT2D eigenvalue weighted by Gasteiger charge is -2.33. The van der Waals surface area contributed by atoms with E-state index in [1.807, 2.05) is 0 Å². The molecule has 1 saturated carbocycles. The lowest BCUT2D eigenvalue weighted by molar-refractivity contribution is -0.145. The van der Waals surface area contributed by atoms with Crippen molar-refractivity contribution >= 4 is 17.7 Å². The third-order valence-electron chi connectivity index (χ3n) is 7.09. The van der Waals surface area contributed by atoms with Crippen LogP contribution in [0.25, 0.3) is 0 Å². The van der Waals surface area contributed by atoms with Crippen molar-refractivity contribution in [2.45, 2.75) is 82.1 Å². The van der Waals surface area contributed by atoms with Crippen LogP contribution in [0.2, 0.25) is 0 Å². The third-order valence-corrected chi connectivity index (χ3v) is 7.09. The number of halogens is 1. The number of hydrogen-bond donors (Lipinski definition) is 0. The lowest BCUT2D eigenvalue weighted by atomic mass is 9.75. The van der Waals surface area contributed by atoms with E-state index >= 15 is 0 Å². The molecule has 4 rings (SSSR count). The Labute approximate surface area is 177 Å². The van der Waals surface area contributed by atoms with Gasteiger partial charge in [0, 0.05) is 37.5 Å². The predicted molar refractivity (Wildman–Crippen MR) is 111 cm³/mol. The molecule has 0 radical (unpaired) electrons. The number of rotatable bonds is 4. The standard InChI is InChI=1S/C24H31FN2O3/c25-20-13-7-6-12-19(20)24(16-21(28)26-14-8-1-2-9-15-26)17-22(29)27(23(24)30)18-10-4-3-5-11-18/h6-7,12-13,18H,1-5,8-11,14-17H2. The van der Waals surface area contributed by atoms with E-state index in [4.69, 9.17) is 0 Å². The minimum absolute atomic E-state index is 0.122. The fraction of sp³-hybridized carbons (Fsp3) is 0.625. The molecule has 2 saturated heterocycles. The summed E-state index contributed by atoms with van der Waals surface area (Å²) in [6, 6.07) is 6.01. The van der Waals surface area contributed by atoms with E-state index in [0.717, 1.165) is 57.8 Å². The zero-order valence-corrected chi connectivity index (χ0v) is 17.6.